The molecule has 0 saturated heterocycles. The van der Waals surface area contributed by atoms with E-state index in [0.717, 1.165) is 17.0 Å². The largest absolute Gasteiger partial charge is 0.495 e. The Hall–Kier alpha value is -2.15. The van der Waals surface area contributed by atoms with E-state index in [1.807, 2.05) is 48.5 Å². The topological polar surface area (TPSA) is 41.5 Å². The summed E-state index contributed by atoms with van der Waals surface area (Å²) in [6, 6.07) is 14.8. The molecule has 3 nitrogen and oxygen atoms in total. The van der Waals surface area contributed by atoms with Crippen LogP contribution in [0.2, 0.25) is 5.02 Å². The van der Waals surface area contributed by atoms with Crippen LogP contribution in [0.4, 0.5) is 5.69 Å². The Labute approximate surface area is 142 Å². The van der Waals surface area contributed by atoms with Crippen LogP contribution >= 0.6 is 11.6 Å². The summed E-state index contributed by atoms with van der Waals surface area (Å²) >= 11 is 5.96. The molecular formula is C19H20ClNO2. The van der Waals surface area contributed by atoms with Crippen LogP contribution in [0.3, 0.4) is 0 Å². The second kappa shape index (κ2) is 7.41. The lowest BCUT2D eigenvalue weighted by Crippen LogP contribution is -2.16. The van der Waals surface area contributed by atoms with Crippen molar-refractivity contribution in [2.45, 2.75) is 25.5 Å². The fraction of sp³-hybridized carbons (Fsp3) is 0.263. The molecule has 0 saturated carbocycles. The van der Waals surface area contributed by atoms with Crippen molar-refractivity contribution in [2.24, 2.45) is 0 Å². The van der Waals surface area contributed by atoms with Crippen molar-refractivity contribution in [1.82, 2.24) is 0 Å². The number of halogens is 1. The summed E-state index contributed by atoms with van der Waals surface area (Å²) in [5, 5.41) is 13.9. The molecule has 1 atom stereocenters. The maximum atomic E-state index is 9.88. The Balaban J connectivity index is 2.36. The summed E-state index contributed by atoms with van der Waals surface area (Å²) in [5.41, 5.74) is 0.727. The summed E-state index contributed by atoms with van der Waals surface area (Å²) in [6.45, 7) is 3.31. The van der Waals surface area contributed by atoms with Crippen LogP contribution in [0.15, 0.2) is 48.5 Å². The third-order valence-corrected chi connectivity index (χ3v) is 3.38. The smallest absolute Gasteiger partial charge is 0.141 e. The number of hydrogen-bond acceptors (Lipinski definition) is 3. The standard InChI is InChI=1S/C19H20ClNO2/c1-19(2,22)13-12-16(14-8-10-15(20)11-9-14)21-17-6-4-5-7-18(17)23-3/h4-11,16,21-22H,1-3H3. The highest BCUT2D eigenvalue weighted by atomic mass is 35.5. The number of para-hydroxylation sites is 2. The molecule has 0 aliphatic rings. The number of rotatable bonds is 4. The molecule has 2 rings (SSSR count). The number of hydrogen-bond donors (Lipinski definition) is 2. The maximum absolute atomic E-state index is 9.88. The Morgan fingerprint density at radius 3 is 2.39 bits per heavy atom. The average Bonchev–Trinajstić information content (AvgIpc) is 2.52. The van der Waals surface area contributed by atoms with Crippen LogP contribution in [0.1, 0.15) is 25.5 Å². The average molecular weight is 330 g/mol. The molecule has 0 amide bonds. The number of methoxy groups -OCH3 is 1. The third kappa shape index (κ3) is 5.21. The minimum atomic E-state index is -1.06. The first-order valence-electron chi connectivity index (χ1n) is 7.29. The van der Waals surface area contributed by atoms with E-state index in [4.69, 9.17) is 16.3 Å². The Morgan fingerprint density at radius 2 is 1.78 bits per heavy atom. The summed E-state index contributed by atoms with van der Waals surface area (Å²) < 4.78 is 5.37. The van der Waals surface area contributed by atoms with Gasteiger partial charge in [0.25, 0.3) is 0 Å². The monoisotopic (exact) mass is 329 g/mol. The highest BCUT2D eigenvalue weighted by molar-refractivity contribution is 6.30. The number of aliphatic hydroxyl groups is 1. The zero-order chi connectivity index (χ0) is 16.9. The van der Waals surface area contributed by atoms with Gasteiger partial charge in [-0.1, -0.05) is 47.7 Å². The van der Waals surface area contributed by atoms with E-state index in [2.05, 4.69) is 17.2 Å². The molecule has 0 spiro atoms. The molecule has 0 fully saturated rings. The normalized spacial score (nSPS) is 12.0. The fourth-order valence-corrected chi connectivity index (χ4v) is 2.15. The molecule has 0 radical (unpaired) electrons. The van der Waals surface area contributed by atoms with Crippen LogP contribution < -0.4 is 10.1 Å². The molecule has 120 valence electrons. The molecule has 0 heterocycles. The number of anilines is 1. The molecule has 4 heteroatoms. The van der Waals surface area contributed by atoms with Crippen LogP contribution in [0.25, 0.3) is 0 Å². The summed E-state index contributed by atoms with van der Waals surface area (Å²) in [7, 11) is 1.63. The molecule has 1 unspecified atom stereocenters. The summed E-state index contributed by atoms with van der Waals surface area (Å²) in [5.74, 6) is 6.68. The zero-order valence-corrected chi connectivity index (χ0v) is 14.2. The predicted molar refractivity (Wildman–Crippen MR) is 94.9 cm³/mol. The molecule has 0 bridgehead atoms. The number of benzene rings is 2. The molecule has 2 aromatic rings. The maximum Gasteiger partial charge on any atom is 0.141 e. The lowest BCUT2D eigenvalue weighted by molar-refractivity contribution is 0.143. The van der Waals surface area contributed by atoms with Gasteiger partial charge in [0.05, 0.1) is 12.8 Å². The number of ether oxygens (including phenoxy) is 1. The van der Waals surface area contributed by atoms with Crippen LogP contribution in [-0.2, 0) is 0 Å². The molecular weight excluding hydrogens is 310 g/mol. The Bertz CT molecular complexity index is 709. The van der Waals surface area contributed by atoms with E-state index in [9.17, 15) is 5.11 Å². The first-order chi connectivity index (χ1) is 10.9. The molecule has 0 aromatic heterocycles. The minimum Gasteiger partial charge on any atom is -0.495 e. The van der Waals surface area contributed by atoms with Gasteiger partial charge in [0.1, 0.15) is 17.4 Å². The van der Waals surface area contributed by atoms with E-state index in [1.165, 1.54) is 0 Å². The van der Waals surface area contributed by atoms with Gasteiger partial charge >= 0.3 is 0 Å². The predicted octanol–water partition coefficient (Wildman–Crippen LogP) is 4.28. The lowest BCUT2D eigenvalue weighted by atomic mass is 10.0. The van der Waals surface area contributed by atoms with Gasteiger partial charge < -0.3 is 15.2 Å². The van der Waals surface area contributed by atoms with Crippen molar-refractivity contribution < 1.29 is 9.84 Å². The fourth-order valence-electron chi connectivity index (χ4n) is 2.03. The van der Waals surface area contributed by atoms with Crippen molar-refractivity contribution in [1.29, 1.82) is 0 Å². The summed E-state index contributed by atoms with van der Waals surface area (Å²) in [4.78, 5) is 0. The van der Waals surface area contributed by atoms with E-state index in [-0.39, 0.29) is 6.04 Å². The van der Waals surface area contributed by atoms with Gasteiger partial charge in [-0.3, -0.25) is 0 Å². The van der Waals surface area contributed by atoms with Crippen LogP contribution in [0.5, 0.6) is 5.75 Å². The molecule has 0 aliphatic heterocycles. The van der Waals surface area contributed by atoms with Gasteiger partial charge in [0, 0.05) is 5.02 Å². The van der Waals surface area contributed by atoms with Crippen LogP contribution in [-0.4, -0.2) is 17.8 Å². The Morgan fingerprint density at radius 1 is 1.13 bits per heavy atom. The first-order valence-corrected chi connectivity index (χ1v) is 7.67. The minimum absolute atomic E-state index is 0.296. The van der Waals surface area contributed by atoms with Gasteiger partial charge in [-0.05, 0) is 43.7 Å². The van der Waals surface area contributed by atoms with Crippen molar-refractivity contribution in [2.75, 3.05) is 12.4 Å². The van der Waals surface area contributed by atoms with Gasteiger partial charge in [-0.2, -0.15) is 0 Å². The van der Waals surface area contributed by atoms with Crippen molar-refractivity contribution in [3.63, 3.8) is 0 Å². The Kier molecular flexibility index (Phi) is 5.54. The van der Waals surface area contributed by atoms with Crippen LogP contribution in [0, 0.1) is 11.8 Å². The van der Waals surface area contributed by atoms with E-state index in [1.54, 1.807) is 21.0 Å². The van der Waals surface area contributed by atoms with Gasteiger partial charge in [0.2, 0.25) is 0 Å². The van der Waals surface area contributed by atoms with Crippen molar-refractivity contribution >= 4 is 17.3 Å². The molecule has 2 N–H and O–H groups in total. The third-order valence-electron chi connectivity index (χ3n) is 3.13. The van der Waals surface area contributed by atoms with Crippen molar-refractivity contribution in [3.8, 4) is 17.6 Å². The molecule has 23 heavy (non-hydrogen) atoms. The highest BCUT2D eigenvalue weighted by Crippen LogP contribution is 2.28. The second-order valence-electron chi connectivity index (χ2n) is 5.66. The van der Waals surface area contributed by atoms with E-state index < -0.39 is 5.60 Å². The van der Waals surface area contributed by atoms with Gasteiger partial charge in [-0.15, -0.1) is 0 Å². The zero-order valence-electron chi connectivity index (χ0n) is 13.4. The number of nitrogens with one attached hydrogen (secondary N) is 1. The lowest BCUT2D eigenvalue weighted by Gasteiger charge is -2.18. The molecule has 2 aromatic carbocycles. The SMILES string of the molecule is COc1ccccc1NC(C#CC(C)(C)O)c1ccc(Cl)cc1. The summed E-state index contributed by atoms with van der Waals surface area (Å²) in [6.07, 6.45) is 0. The van der Waals surface area contributed by atoms with Gasteiger partial charge in [0.15, 0.2) is 0 Å². The quantitative estimate of drug-likeness (QED) is 0.823. The van der Waals surface area contributed by atoms with E-state index in [0.29, 0.717) is 5.02 Å². The highest BCUT2D eigenvalue weighted by Gasteiger charge is 2.13. The molecule has 0 aliphatic carbocycles. The van der Waals surface area contributed by atoms with Gasteiger partial charge in [-0.25, -0.2) is 0 Å². The second-order valence-corrected chi connectivity index (χ2v) is 6.09. The first kappa shape index (κ1) is 17.2. The van der Waals surface area contributed by atoms with E-state index >= 15 is 0 Å². The van der Waals surface area contributed by atoms with Crippen molar-refractivity contribution in [3.05, 3.63) is 59.1 Å².